The van der Waals surface area contributed by atoms with Gasteiger partial charge in [-0.05, 0) is 18.9 Å². The second-order valence-electron chi connectivity index (χ2n) is 3.98. The van der Waals surface area contributed by atoms with E-state index in [4.69, 9.17) is 4.74 Å². The zero-order valence-electron chi connectivity index (χ0n) is 10.6. The molecule has 0 aliphatic rings. The Labute approximate surface area is 107 Å². The van der Waals surface area contributed by atoms with Crippen molar-refractivity contribution < 1.29 is 14.3 Å². The lowest BCUT2D eigenvalue weighted by Crippen LogP contribution is -2.19. The summed E-state index contributed by atoms with van der Waals surface area (Å²) >= 11 is 0. The molecule has 1 aromatic carbocycles. The predicted molar refractivity (Wildman–Crippen MR) is 70.1 cm³/mol. The molecule has 0 N–H and O–H groups in total. The van der Waals surface area contributed by atoms with E-state index >= 15 is 0 Å². The van der Waals surface area contributed by atoms with Crippen LogP contribution in [0, 0.1) is 5.92 Å². The van der Waals surface area contributed by atoms with Gasteiger partial charge in [0.2, 0.25) is 0 Å². The van der Waals surface area contributed by atoms with E-state index in [9.17, 15) is 9.59 Å². The summed E-state index contributed by atoms with van der Waals surface area (Å²) in [5, 5.41) is 0. The lowest BCUT2D eigenvalue weighted by molar-refractivity contribution is -0.146. The third-order valence-corrected chi connectivity index (χ3v) is 2.62. The lowest BCUT2D eigenvalue weighted by Gasteiger charge is -2.11. The largest absolute Gasteiger partial charge is 0.466 e. The van der Waals surface area contributed by atoms with Gasteiger partial charge in [0.1, 0.15) is 6.42 Å². The van der Waals surface area contributed by atoms with Crippen LogP contribution in [0.5, 0.6) is 0 Å². The maximum atomic E-state index is 11.9. The van der Waals surface area contributed by atoms with E-state index in [-0.39, 0.29) is 18.1 Å². The van der Waals surface area contributed by atoms with Crippen LogP contribution in [0.25, 0.3) is 0 Å². The molecule has 0 aliphatic heterocycles. The Morgan fingerprint density at radius 3 is 2.56 bits per heavy atom. The van der Waals surface area contributed by atoms with Crippen LogP contribution in [-0.2, 0) is 20.7 Å². The quantitative estimate of drug-likeness (QED) is 0.422. The van der Waals surface area contributed by atoms with Crippen LogP contribution in [0.1, 0.15) is 18.9 Å². The summed E-state index contributed by atoms with van der Waals surface area (Å²) in [7, 11) is 0. The average molecular weight is 246 g/mol. The SMILES string of the molecule is C=CC(Cc1ccccc1)C(=O)CC(=O)OCC. The van der Waals surface area contributed by atoms with Crippen molar-refractivity contribution in [2.75, 3.05) is 6.61 Å². The number of hydrogen-bond acceptors (Lipinski definition) is 3. The fourth-order valence-corrected chi connectivity index (χ4v) is 1.68. The number of carbonyl (C=O) groups excluding carboxylic acids is 2. The number of hydrogen-bond donors (Lipinski definition) is 0. The molecule has 1 aromatic rings. The number of carbonyl (C=O) groups is 2. The smallest absolute Gasteiger partial charge is 0.313 e. The van der Waals surface area contributed by atoms with Crippen molar-refractivity contribution in [2.24, 2.45) is 5.92 Å². The first-order valence-corrected chi connectivity index (χ1v) is 6.02. The van der Waals surface area contributed by atoms with Crippen molar-refractivity contribution in [1.82, 2.24) is 0 Å². The molecule has 3 nitrogen and oxygen atoms in total. The van der Waals surface area contributed by atoms with Crippen LogP contribution >= 0.6 is 0 Å². The molecule has 0 aliphatic carbocycles. The molecule has 0 bridgehead atoms. The number of allylic oxidation sites excluding steroid dienone is 1. The fourth-order valence-electron chi connectivity index (χ4n) is 1.68. The summed E-state index contributed by atoms with van der Waals surface area (Å²) < 4.78 is 4.76. The van der Waals surface area contributed by atoms with Crippen molar-refractivity contribution in [3.05, 3.63) is 48.6 Å². The maximum Gasteiger partial charge on any atom is 0.313 e. The minimum absolute atomic E-state index is 0.146. The van der Waals surface area contributed by atoms with E-state index in [1.165, 1.54) is 0 Å². The summed E-state index contributed by atoms with van der Waals surface area (Å²) in [4.78, 5) is 23.1. The molecule has 0 saturated carbocycles. The summed E-state index contributed by atoms with van der Waals surface area (Å²) in [6, 6.07) is 9.67. The zero-order chi connectivity index (χ0) is 13.4. The Hall–Kier alpha value is -1.90. The highest BCUT2D eigenvalue weighted by molar-refractivity contribution is 5.97. The molecular weight excluding hydrogens is 228 g/mol. The number of rotatable bonds is 7. The Morgan fingerprint density at radius 1 is 1.33 bits per heavy atom. The van der Waals surface area contributed by atoms with Crippen LogP contribution in [-0.4, -0.2) is 18.4 Å². The second kappa shape index (κ2) is 7.43. The molecule has 1 rings (SSSR count). The normalized spacial score (nSPS) is 11.6. The van der Waals surface area contributed by atoms with Gasteiger partial charge in [-0.25, -0.2) is 0 Å². The van der Waals surface area contributed by atoms with Gasteiger partial charge in [-0.3, -0.25) is 9.59 Å². The highest BCUT2D eigenvalue weighted by Crippen LogP contribution is 2.12. The van der Waals surface area contributed by atoms with Gasteiger partial charge < -0.3 is 4.74 Å². The number of Topliss-reactive ketones (excluding diaryl/α,β-unsaturated/α-hetero) is 1. The fraction of sp³-hybridized carbons (Fsp3) is 0.333. The second-order valence-corrected chi connectivity index (χ2v) is 3.98. The number of esters is 1. The third kappa shape index (κ3) is 4.53. The van der Waals surface area contributed by atoms with Crippen LogP contribution in [0.2, 0.25) is 0 Å². The van der Waals surface area contributed by atoms with E-state index in [1.807, 2.05) is 30.3 Å². The van der Waals surface area contributed by atoms with Crippen LogP contribution < -0.4 is 0 Å². The predicted octanol–water partition coefficient (Wildman–Crippen LogP) is 2.55. The van der Waals surface area contributed by atoms with E-state index in [0.29, 0.717) is 13.0 Å². The summed E-state index contributed by atoms with van der Waals surface area (Å²) in [5.74, 6) is -0.952. The van der Waals surface area contributed by atoms with E-state index in [2.05, 4.69) is 6.58 Å². The standard InChI is InChI=1S/C15H18O3/c1-3-13(10-12-8-6-5-7-9-12)14(16)11-15(17)18-4-2/h3,5-9,13H,1,4,10-11H2,2H3. The molecule has 0 saturated heterocycles. The molecule has 0 heterocycles. The molecule has 0 spiro atoms. The topological polar surface area (TPSA) is 43.4 Å². The van der Waals surface area contributed by atoms with Crippen molar-refractivity contribution in [1.29, 1.82) is 0 Å². The van der Waals surface area contributed by atoms with Crippen molar-refractivity contribution in [2.45, 2.75) is 19.8 Å². The van der Waals surface area contributed by atoms with Crippen molar-refractivity contribution in [3.63, 3.8) is 0 Å². The lowest BCUT2D eigenvalue weighted by atomic mass is 9.94. The van der Waals surface area contributed by atoms with Gasteiger partial charge in [-0.2, -0.15) is 0 Å². The molecular formula is C15H18O3. The van der Waals surface area contributed by atoms with Gasteiger partial charge in [0.25, 0.3) is 0 Å². The minimum Gasteiger partial charge on any atom is -0.466 e. The van der Waals surface area contributed by atoms with E-state index < -0.39 is 5.97 Å². The molecule has 1 atom stereocenters. The van der Waals surface area contributed by atoms with Gasteiger partial charge in [0.15, 0.2) is 5.78 Å². The maximum absolute atomic E-state index is 11.9. The first kappa shape index (κ1) is 14.2. The molecule has 18 heavy (non-hydrogen) atoms. The molecule has 3 heteroatoms. The Morgan fingerprint density at radius 2 is 2.00 bits per heavy atom. The highest BCUT2D eigenvalue weighted by Gasteiger charge is 2.19. The number of benzene rings is 1. The molecule has 0 amide bonds. The van der Waals surface area contributed by atoms with Gasteiger partial charge in [0, 0.05) is 5.92 Å². The monoisotopic (exact) mass is 246 g/mol. The molecule has 0 fully saturated rings. The Balaban J connectivity index is 2.58. The van der Waals surface area contributed by atoms with E-state index in [1.54, 1.807) is 13.0 Å². The van der Waals surface area contributed by atoms with Crippen LogP contribution in [0.15, 0.2) is 43.0 Å². The van der Waals surface area contributed by atoms with Crippen LogP contribution in [0.4, 0.5) is 0 Å². The third-order valence-electron chi connectivity index (χ3n) is 2.62. The van der Waals surface area contributed by atoms with Gasteiger partial charge in [0.05, 0.1) is 6.61 Å². The zero-order valence-corrected chi connectivity index (χ0v) is 10.6. The van der Waals surface area contributed by atoms with E-state index in [0.717, 1.165) is 5.56 Å². The van der Waals surface area contributed by atoms with Gasteiger partial charge in [-0.15, -0.1) is 6.58 Å². The molecule has 0 radical (unpaired) electrons. The first-order valence-electron chi connectivity index (χ1n) is 6.02. The minimum atomic E-state index is -0.470. The molecule has 1 unspecified atom stereocenters. The summed E-state index contributed by atoms with van der Waals surface area (Å²) in [6.07, 6.45) is 1.98. The Kier molecular flexibility index (Phi) is 5.85. The highest BCUT2D eigenvalue weighted by atomic mass is 16.5. The summed E-state index contributed by atoms with van der Waals surface area (Å²) in [6.45, 7) is 5.67. The van der Waals surface area contributed by atoms with Crippen molar-refractivity contribution >= 4 is 11.8 Å². The first-order chi connectivity index (χ1) is 8.67. The van der Waals surface area contributed by atoms with Gasteiger partial charge in [-0.1, -0.05) is 36.4 Å². The summed E-state index contributed by atoms with van der Waals surface area (Å²) in [5.41, 5.74) is 1.06. The molecule has 0 aromatic heterocycles. The van der Waals surface area contributed by atoms with Crippen molar-refractivity contribution in [3.8, 4) is 0 Å². The van der Waals surface area contributed by atoms with Gasteiger partial charge >= 0.3 is 5.97 Å². The Bertz CT molecular complexity index is 409. The van der Waals surface area contributed by atoms with Crippen LogP contribution in [0.3, 0.4) is 0 Å². The number of ether oxygens (including phenoxy) is 1. The number of ketones is 1. The molecule has 96 valence electrons. The average Bonchev–Trinajstić information content (AvgIpc) is 2.37.